The number of esters is 1. The van der Waals surface area contributed by atoms with E-state index in [9.17, 15) is 19.6 Å². The van der Waals surface area contributed by atoms with Gasteiger partial charge in [0.05, 0.1) is 29.9 Å². The van der Waals surface area contributed by atoms with Crippen molar-refractivity contribution in [1.82, 2.24) is 5.32 Å². The van der Waals surface area contributed by atoms with Crippen LogP contribution in [0, 0.1) is 67.0 Å². The Hall–Kier alpha value is -5.63. The predicted octanol–water partition coefficient (Wildman–Crippen LogP) is 10.1. The second kappa shape index (κ2) is 24.0. The number of nitriles is 4. The summed E-state index contributed by atoms with van der Waals surface area (Å²) in [4.78, 5) is 33.7. The molecule has 2 heterocycles. The Labute approximate surface area is 367 Å². The molecule has 0 aromatic rings. The number of carboxylic acids is 1. The Morgan fingerprint density at radius 1 is 0.770 bits per heavy atom. The summed E-state index contributed by atoms with van der Waals surface area (Å²) in [7, 11) is 1.58. The number of carbonyl (C=O) groups is 3. The van der Waals surface area contributed by atoms with Crippen molar-refractivity contribution in [1.29, 1.82) is 21.0 Å². The Morgan fingerprint density at radius 3 is 1.49 bits per heavy atom. The number of nitrogens with one attached hydrogen (secondary N) is 1. The van der Waals surface area contributed by atoms with Crippen molar-refractivity contribution in [3.63, 3.8) is 0 Å². The van der Waals surface area contributed by atoms with Gasteiger partial charge in [0.25, 0.3) is 5.91 Å². The number of rotatable bonds is 7. The number of nitrogens with zero attached hydrogens (tertiary/aromatic N) is 4. The van der Waals surface area contributed by atoms with Crippen molar-refractivity contribution in [2.75, 3.05) is 26.9 Å². The van der Waals surface area contributed by atoms with E-state index in [-0.39, 0.29) is 46.1 Å². The largest absolute Gasteiger partial charge is 0.483 e. The lowest BCUT2D eigenvalue weighted by Crippen LogP contribution is -2.30. The van der Waals surface area contributed by atoms with Crippen molar-refractivity contribution in [2.24, 2.45) is 21.7 Å². The van der Waals surface area contributed by atoms with Crippen molar-refractivity contribution in [3.05, 3.63) is 69.3 Å². The van der Waals surface area contributed by atoms with Crippen LogP contribution >= 0.6 is 0 Å². The molecule has 0 bridgehead atoms. The Bertz CT molecular complexity index is 1940. The van der Waals surface area contributed by atoms with E-state index >= 15 is 0 Å². The zero-order valence-electron chi connectivity index (χ0n) is 39.6. The zero-order chi connectivity index (χ0) is 47.8. The lowest BCUT2D eigenvalue weighted by molar-refractivity contribution is -0.138. The second-order valence-corrected chi connectivity index (χ2v) is 19.2. The second-order valence-electron chi connectivity index (χ2n) is 19.2. The van der Waals surface area contributed by atoms with Crippen molar-refractivity contribution >= 4 is 17.8 Å². The van der Waals surface area contributed by atoms with Crippen LogP contribution in [0.2, 0.25) is 0 Å². The van der Waals surface area contributed by atoms with Gasteiger partial charge in [-0.2, -0.15) is 21.0 Å². The van der Waals surface area contributed by atoms with Crippen LogP contribution < -0.4 is 5.32 Å². The van der Waals surface area contributed by atoms with Crippen LogP contribution in [0.25, 0.3) is 0 Å². The van der Waals surface area contributed by atoms with E-state index < -0.39 is 23.1 Å². The lowest BCUT2D eigenvalue weighted by Gasteiger charge is -2.31. The number of allylic oxidation sites excluding steroid dienone is 4. The van der Waals surface area contributed by atoms with Crippen molar-refractivity contribution in [2.45, 2.75) is 143 Å². The highest BCUT2D eigenvalue weighted by Crippen LogP contribution is 2.48. The van der Waals surface area contributed by atoms with Gasteiger partial charge >= 0.3 is 11.9 Å². The highest BCUT2D eigenvalue weighted by molar-refractivity contribution is 5.94. The van der Waals surface area contributed by atoms with Crippen LogP contribution in [-0.2, 0) is 33.3 Å². The van der Waals surface area contributed by atoms with E-state index in [1.807, 2.05) is 96.1 Å². The van der Waals surface area contributed by atoms with Gasteiger partial charge in [0.2, 0.25) is 0 Å². The number of carboxylic acid groups (broad SMARTS) is 1. The van der Waals surface area contributed by atoms with E-state index in [0.717, 1.165) is 11.1 Å². The molecule has 0 aromatic carbocycles. The van der Waals surface area contributed by atoms with Crippen LogP contribution in [-0.4, -0.2) is 61.0 Å². The Kier molecular flexibility index (Phi) is 23.5. The molecule has 13 heteroatoms. The monoisotopic (exact) mass is 848 g/mol. The van der Waals surface area contributed by atoms with E-state index in [1.54, 1.807) is 33.1 Å². The molecule has 0 aromatic heterocycles. The first kappa shape index (κ1) is 59.7. The van der Waals surface area contributed by atoms with Gasteiger partial charge in [0.15, 0.2) is 0 Å². The van der Waals surface area contributed by atoms with E-state index in [2.05, 4.69) is 44.8 Å². The molecule has 0 saturated carbocycles. The minimum atomic E-state index is -1.16. The number of amides is 1. The van der Waals surface area contributed by atoms with E-state index in [4.69, 9.17) is 39.8 Å². The number of hydrogen-bond acceptors (Lipinski definition) is 11. The highest BCUT2D eigenvalue weighted by Gasteiger charge is 2.45. The van der Waals surface area contributed by atoms with Gasteiger partial charge in [-0.15, -0.1) is 0 Å². The first-order valence-electron chi connectivity index (χ1n) is 19.6. The summed E-state index contributed by atoms with van der Waals surface area (Å²) in [6, 6.07) is 7.85. The normalized spacial score (nSPS) is 16.6. The highest BCUT2D eigenvalue weighted by atomic mass is 16.5. The quantitative estimate of drug-likeness (QED) is 0.106. The standard InChI is InChI=1S/C17H26N2O3.C12H17NO.C10H15NO2.C8H11NO2.CH4/c1-11(15(20)19-8-9-21-7)13-12(10-18)14(16(2,3)4)17(5,6)22-13;1-8-9(7-13)10(11(2,3)4)12(5,6)14-8;1-5-13-9(12)8(7-11)6-10(2,3)4;1-8(2,3)4-6(5-9)7(10)11;/h8-9H2,1-7H3,(H,19,20);1H2,2-6H3;6H,5H2,1-4H3;4H,1-3H3,(H,10,11);1H4/b13-11-;;8-6+;6-4+;. The fourth-order valence-electron chi connectivity index (χ4n) is 6.52. The average Bonchev–Trinajstić information content (AvgIpc) is 3.51. The van der Waals surface area contributed by atoms with Crippen molar-refractivity contribution < 1.29 is 38.4 Å². The van der Waals surface area contributed by atoms with Crippen LogP contribution in [0.5, 0.6) is 0 Å². The summed E-state index contributed by atoms with van der Waals surface area (Å²) >= 11 is 0. The molecule has 13 nitrogen and oxygen atoms in total. The maximum Gasteiger partial charge on any atom is 0.348 e. The molecule has 0 fully saturated rings. The summed E-state index contributed by atoms with van der Waals surface area (Å²) < 4.78 is 21.2. The summed E-state index contributed by atoms with van der Waals surface area (Å²) in [5.41, 5.74) is 1.61. The van der Waals surface area contributed by atoms with Crippen LogP contribution in [0.3, 0.4) is 0 Å². The van der Waals surface area contributed by atoms with Gasteiger partial charge in [-0.1, -0.05) is 109 Å². The maximum absolute atomic E-state index is 12.2. The lowest BCUT2D eigenvalue weighted by atomic mass is 9.76. The van der Waals surface area contributed by atoms with E-state index in [0.29, 0.717) is 48.0 Å². The topological polar surface area (TPSA) is 216 Å². The minimum Gasteiger partial charge on any atom is -0.483 e. The molecule has 2 aliphatic heterocycles. The van der Waals surface area contributed by atoms with Gasteiger partial charge in [-0.05, 0) is 74.3 Å². The Balaban J connectivity index is -0.000000761. The number of carbonyl (C=O) groups excluding carboxylic acids is 2. The SMILES string of the molecule is C.C=C1OC(C)(C)C(C(C)(C)C)=C1C#N.CC(C)(C)/C=C(\C#N)C(=O)O.CCOC(=O)/C(C#N)=C/C(C)(C)C.COCCNC(=O)/C(C)=C1\OC(C)(C)C(C(C)(C)C)=C1C#N. The third-order valence-corrected chi connectivity index (χ3v) is 8.06. The summed E-state index contributed by atoms with van der Waals surface area (Å²) in [6.45, 7) is 39.8. The molecule has 2 aliphatic rings. The summed E-state index contributed by atoms with van der Waals surface area (Å²) in [5.74, 6) is -1.07. The van der Waals surface area contributed by atoms with Gasteiger partial charge in [0, 0.05) is 13.7 Å². The molecule has 0 saturated heterocycles. The van der Waals surface area contributed by atoms with Crippen molar-refractivity contribution in [3.8, 4) is 24.3 Å². The van der Waals surface area contributed by atoms with Crippen LogP contribution in [0.15, 0.2) is 69.3 Å². The zero-order valence-corrected chi connectivity index (χ0v) is 39.6. The number of methoxy groups -OCH3 is 1. The molecular formula is C48H73N5O8. The molecule has 0 radical (unpaired) electrons. The summed E-state index contributed by atoms with van der Waals surface area (Å²) in [5, 5.41) is 46.9. The number of ether oxygens (including phenoxy) is 4. The molecule has 1 amide bonds. The fourth-order valence-corrected chi connectivity index (χ4v) is 6.52. The molecule has 338 valence electrons. The molecule has 2 N–H and O–H groups in total. The Morgan fingerprint density at radius 2 is 1.18 bits per heavy atom. The third kappa shape index (κ3) is 20.0. The first-order chi connectivity index (χ1) is 27.0. The average molecular weight is 848 g/mol. The van der Waals surface area contributed by atoms with Gasteiger partial charge in [-0.3, -0.25) is 4.79 Å². The summed E-state index contributed by atoms with van der Waals surface area (Å²) in [6.07, 6.45) is 3.06. The number of aliphatic carboxylic acids is 1. The number of hydrogen-bond donors (Lipinski definition) is 2. The smallest absolute Gasteiger partial charge is 0.348 e. The predicted molar refractivity (Wildman–Crippen MR) is 239 cm³/mol. The molecule has 0 aliphatic carbocycles. The molecule has 61 heavy (non-hydrogen) atoms. The van der Waals surface area contributed by atoms with Crippen LogP contribution in [0.1, 0.15) is 132 Å². The molecule has 2 rings (SSSR count). The fraction of sp³-hybridized carbons (Fsp3) is 0.604. The van der Waals surface area contributed by atoms with E-state index in [1.165, 1.54) is 6.08 Å². The minimum absolute atomic E-state index is 0. The van der Waals surface area contributed by atoms with Gasteiger partial charge < -0.3 is 29.4 Å². The maximum atomic E-state index is 12.2. The van der Waals surface area contributed by atoms with Crippen LogP contribution in [0.4, 0.5) is 0 Å². The molecule has 0 unspecified atom stereocenters. The third-order valence-electron chi connectivity index (χ3n) is 8.06. The molecule has 0 spiro atoms. The molecular weight excluding hydrogens is 775 g/mol. The van der Waals surface area contributed by atoms with Gasteiger partial charge in [0.1, 0.15) is 58.1 Å². The first-order valence-corrected chi connectivity index (χ1v) is 19.6. The van der Waals surface area contributed by atoms with Gasteiger partial charge in [-0.25, -0.2) is 9.59 Å². The molecule has 0 atom stereocenters.